The van der Waals surface area contributed by atoms with Crippen LogP contribution in [0, 0.1) is 5.41 Å². The number of carbonyl (C=O) groups excluding carboxylic acids is 1. The smallest absolute Gasteiger partial charge is 0.177 e. The number of carbonyl (C=O) groups is 1. The summed E-state index contributed by atoms with van der Waals surface area (Å²) in [5.41, 5.74) is -0.826. The Morgan fingerprint density at radius 1 is 1.39 bits per heavy atom. The maximum absolute atomic E-state index is 12.4. The average Bonchev–Trinajstić information content (AvgIpc) is 2.56. The van der Waals surface area contributed by atoms with Crippen LogP contribution in [-0.4, -0.2) is 42.9 Å². The van der Waals surface area contributed by atoms with Crippen molar-refractivity contribution < 1.29 is 24.5 Å². The van der Waals surface area contributed by atoms with Crippen LogP contribution in [0.1, 0.15) is 16.8 Å². The van der Waals surface area contributed by atoms with Gasteiger partial charge in [-0.15, -0.1) is 0 Å². The first-order valence-corrected chi connectivity index (χ1v) is 5.74. The Kier molecular flexibility index (Phi) is 3.54. The van der Waals surface area contributed by atoms with E-state index >= 15 is 0 Å². The number of fused-ring (bicyclic) bond motifs is 1. The fraction of sp³-hybridized carbons (Fsp3) is 0.462. The molecule has 2 rings (SSSR count). The first-order chi connectivity index (χ1) is 8.66. The number of benzene rings is 1. The van der Waals surface area contributed by atoms with E-state index in [1.807, 2.05) is 0 Å². The largest absolute Gasteiger partial charge is 0.497 e. The molecule has 0 saturated carbocycles. The molecule has 0 bridgehead atoms. The highest BCUT2D eigenvalue weighted by Crippen LogP contribution is 2.36. The van der Waals surface area contributed by atoms with Gasteiger partial charge in [0.05, 0.1) is 37.9 Å². The normalized spacial score (nSPS) is 17.6. The summed E-state index contributed by atoms with van der Waals surface area (Å²) in [4.78, 5) is 12.4. The molecule has 1 aliphatic rings. The minimum atomic E-state index is -1.17. The summed E-state index contributed by atoms with van der Waals surface area (Å²) in [7, 11) is 1.51. The van der Waals surface area contributed by atoms with Gasteiger partial charge in [-0.1, -0.05) is 0 Å². The Bertz CT molecular complexity index is 451. The number of Topliss-reactive ketones (excluding diaryl/α,β-unsaturated/α-hetero) is 1. The van der Waals surface area contributed by atoms with Gasteiger partial charge in [0.25, 0.3) is 0 Å². The third-order valence-electron chi connectivity index (χ3n) is 3.36. The predicted molar refractivity (Wildman–Crippen MR) is 64.0 cm³/mol. The van der Waals surface area contributed by atoms with Crippen molar-refractivity contribution in [2.75, 3.05) is 26.9 Å². The molecule has 0 atom stereocenters. The summed E-state index contributed by atoms with van der Waals surface area (Å²) >= 11 is 0. The summed E-state index contributed by atoms with van der Waals surface area (Å²) < 4.78 is 10.6. The Balaban J connectivity index is 2.50. The Morgan fingerprint density at radius 3 is 2.72 bits per heavy atom. The van der Waals surface area contributed by atoms with Crippen molar-refractivity contribution in [2.24, 2.45) is 5.41 Å². The van der Waals surface area contributed by atoms with Gasteiger partial charge in [-0.3, -0.25) is 4.79 Å². The second-order valence-corrected chi connectivity index (χ2v) is 4.39. The molecule has 1 heterocycles. The molecule has 0 amide bonds. The molecule has 0 unspecified atom stereocenters. The minimum absolute atomic E-state index is 0.284. The molecule has 0 aliphatic carbocycles. The topological polar surface area (TPSA) is 76.0 Å². The van der Waals surface area contributed by atoms with Crippen LogP contribution in [0.25, 0.3) is 0 Å². The highest BCUT2D eigenvalue weighted by Gasteiger charge is 2.41. The van der Waals surface area contributed by atoms with Gasteiger partial charge in [-0.25, -0.2) is 0 Å². The molecule has 1 aliphatic heterocycles. The van der Waals surface area contributed by atoms with Crippen LogP contribution in [-0.2, 0) is 0 Å². The van der Waals surface area contributed by atoms with Crippen molar-refractivity contribution in [3.63, 3.8) is 0 Å². The zero-order chi connectivity index (χ0) is 13.2. The second kappa shape index (κ2) is 4.96. The van der Waals surface area contributed by atoms with Crippen LogP contribution in [0.5, 0.6) is 11.5 Å². The highest BCUT2D eigenvalue weighted by atomic mass is 16.5. The van der Waals surface area contributed by atoms with Gasteiger partial charge in [0, 0.05) is 0 Å². The summed E-state index contributed by atoms with van der Waals surface area (Å²) in [6.45, 7) is -0.517. The van der Waals surface area contributed by atoms with Crippen molar-refractivity contribution in [3.8, 4) is 11.5 Å². The lowest BCUT2D eigenvalue weighted by Gasteiger charge is -2.25. The maximum Gasteiger partial charge on any atom is 0.177 e. The van der Waals surface area contributed by atoms with Gasteiger partial charge in [0.15, 0.2) is 5.78 Å². The molecule has 0 saturated heterocycles. The van der Waals surface area contributed by atoms with Crippen LogP contribution < -0.4 is 9.47 Å². The molecule has 2 N–H and O–H groups in total. The lowest BCUT2D eigenvalue weighted by molar-refractivity contribution is 0.0345. The van der Waals surface area contributed by atoms with E-state index in [4.69, 9.17) is 9.47 Å². The van der Waals surface area contributed by atoms with Crippen molar-refractivity contribution >= 4 is 5.78 Å². The molecular formula is C13H16O5. The van der Waals surface area contributed by atoms with Gasteiger partial charge in [-0.05, 0) is 24.6 Å². The van der Waals surface area contributed by atoms with Crippen LogP contribution in [0.4, 0.5) is 0 Å². The molecule has 1 aromatic carbocycles. The van der Waals surface area contributed by atoms with Gasteiger partial charge < -0.3 is 19.7 Å². The Morgan fingerprint density at radius 2 is 2.11 bits per heavy atom. The van der Waals surface area contributed by atoms with Gasteiger partial charge in [0.1, 0.15) is 11.5 Å². The summed E-state index contributed by atoms with van der Waals surface area (Å²) in [5.74, 6) is 0.695. The lowest BCUT2D eigenvalue weighted by Crippen LogP contribution is -2.38. The van der Waals surface area contributed by atoms with Crippen molar-refractivity contribution in [2.45, 2.75) is 6.42 Å². The number of hydrogen-bond acceptors (Lipinski definition) is 5. The van der Waals surface area contributed by atoms with E-state index < -0.39 is 18.6 Å². The summed E-state index contributed by atoms with van der Waals surface area (Å²) in [6.07, 6.45) is 0.288. The minimum Gasteiger partial charge on any atom is -0.497 e. The monoisotopic (exact) mass is 252 g/mol. The number of ketones is 1. The van der Waals surface area contributed by atoms with Crippen molar-refractivity contribution in [1.29, 1.82) is 0 Å². The van der Waals surface area contributed by atoms with Crippen LogP contribution >= 0.6 is 0 Å². The molecule has 0 fully saturated rings. The molecule has 18 heavy (non-hydrogen) atoms. The SMILES string of the molecule is COc1ccc2c(c1)C(=O)C(CO)(CO)CCO2. The van der Waals surface area contributed by atoms with E-state index in [0.29, 0.717) is 17.1 Å². The standard InChI is InChI=1S/C13H16O5/c1-17-9-2-3-11-10(6-9)12(16)13(7-14,8-15)4-5-18-11/h2-3,6,14-15H,4-5,7-8H2,1H3. The lowest BCUT2D eigenvalue weighted by atomic mass is 9.79. The number of methoxy groups -OCH3 is 1. The number of hydrogen-bond donors (Lipinski definition) is 2. The van der Waals surface area contributed by atoms with Gasteiger partial charge in [0.2, 0.25) is 0 Å². The molecule has 5 heteroatoms. The quantitative estimate of drug-likeness (QED) is 0.825. The van der Waals surface area contributed by atoms with Crippen LogP contribution in [0.3, 0.4) is 0 Å². The van der Waals surface area contributed by atoms with E-state index in [1.54, 1.807) is 18.2 Å². The number of aliphatic hydroxyl groups is 2. The average molecular weight is 252 g/mol. The van der Waals surface area contributed by atoms with E-state index in [-0.39, 0.29) is 18.8 Å². The first kappa shape index (κ1) is 12.9. The molecule has 98 valence electrons. The molecule has 0 aromatic heterocycles. The van der Waals surface area contributed by atoms with E-state index in [9.17, 15) is 15.0 Å². The zero-order valence-electron chi connectivity index (χ0n) is 10.2. The number of ether oxygens (including phenoxy) is 2. The molecular weight excluding hydrogens is 236 g/mol. The zero-order valence-corrected chi connectivity index (χ0v) is 10.2. The second-order valence-electron chi connectivity index (χ2n) is 4.39. The third-order valence-corrected chi connectivity index (χ3v) is 3.36. The first-order valence-electron chi connectivity index (χ1n) is 5.74. The Hall–Kier alpha value is -1.59. The maximum atomic E-state index is 12.4. The Labute approximate surface area is 105 Å². The van der Waals surface area contributed by atoms with E-state index in [0.717, 1.165) is 0 Å². The molecule has 0 radical (unpaired) electrons. The van der Waals surface area contributed by atoms with E-state index in [1.165, 1.54) is 7.11 Å². The van der Waals surface area contributed by atoms with Crippen LogP contribution in [0.2, 0.25) is 0 Å². The summed E-state index contributed by atoms with van der Waals surface area (Å²) in [5, 5.41) is 18.8. The van der Waals surface area contributed by atoms with Gasteiger partial charge >= 0.3 is 0 Å². The summed E-state index contributed by atoms with van der Waals surface area (Å²) in [6, 6.07) is 4.94. The molecule has 5 nitrogen and oxygen atoms in total. The fourth-order valence-corrected chi connectivity index (χ4v) is 2.05. The third kappa shape index (κ3) is 1.95. The highest BCUT2D eigenvalue weighted by molar-refractivity contribution is 6.03. The molecule has 1 aromatic rings. The predicted octanol–water partition coefficient (Wildman–Crippen LogP) is 0.631. The van der Waals surface area contributed by atoms with Gasteiger partial charge in [-0.2, -0.15) is 0 Å². The van der Waals surface area contributed by atoms with Crippen molar-refractivity contribution in [1.82, 2.24) is 0 Å². The van der Waals surface area contributed by atoms with Crippen LogP contribution in [0.15, 0.2) is 18.2 Å². The van der Waals surface area contributed by atoms with Crippen molar-refractivity contribution in [3.05, 3.63) is 23.8 Å². The van der Waals surface area contributed by atoms with E-state index in [2.05, 4.69) is 0 Å². The number of rotatable bonds is 3. The fourth-order valence-electron chi connectivity index (χ4n) is 2.05. The number of aliphatic hydroxyl groups excluding tert-OH is 2. The molecule has 0 spiro atoms.